The monoisotopic (exact) mass is 445 g/mol. The van der Waals surface area contributed by atoms with E-state index in [9.17, 15) is 18.0 Å². The molecule has 4 rings (SSSR count). The van der Waals surface area contributed by atoms with Crippen molar-refractivity contribution in [2.24, 2.45) is 0 Å². The fraction of sp³-hybridized carbons (Fsp3) is 0.304. The van der Waals surface area contributed by atoms with Crippen molar-refractivity contribution in [2.75, 3.05) is 31.1 Å². The van der Waals surface area contributed by atoms with Crippen LogP contribution in [0.1, 0.15) is 28.1 Å². The Balaban J connectivity index is 1.38. The molecule has 0 aliphatic carbocycles. The van der Waals surface area contributed by atoms with Crippen LogP contribution >= 0.6 is 0 Å². The topological polar surface area (TPSA) is 58.8 Å². The van der Waals surface area contributed by atoms with Crippen molar-refractivity contribution in [2.45, 2.75) is 19.2 Å². The van der Waals surface area contributed by atoms with E-state index >= 15 is 0 Å². The van der Waals surface area contributed by atoms with E-state index in [1.807, 2.05) is 35.2 Å². The minimum absolute atomic E-state index is 0.205. The Morgan fingerprint density at radius 1 is 1.03 bits per heavy atom. The molecular weight excluding hydrogens is 423 g/mol. The van der Waals surface area contributed by atoms with Crippen LogP contribution in [0.3, 0.4) is 0 Å². The van der Waals surface area contributed by atoms with Gasteiger partial charge in [0.15, 0.2) is 5.76 Å². The molecule has 168 valence electrons. The summed E-state index contributed by atoms with van der Waals surface area (Å²) in [5.74, 6) is 1.16. The molecule has 0 unspecified atom stereocenters. The summed E-state index contributed by atoms with van der Waals surface area (Å²) < 4.78 is 49.5. The van der Waals surface area contributed by atoms with Gasteiger partial charge in [-0.05, 0) is 36.8 Å². The van der Waals surface area contributed by atoms with Gasteiger partial charge in [0.2, 0.25) is 0 Å². The average Bonchev–Trinajstić information content (AvgIpc) is 3.13. The lowest BCUT2D eigenvalue weighted by molar-refractivity contribution is -0.137. The van der Waals surface area contributed by atoms with Crippen LogP contribution < -0.4 is 9.64 Å². The number of carbonyl (C=O) groups excluding carboxylic acids is 1. The van der Waals surface area contributed by atoms with E-state index in [2.05, 4.69) is 4.98 Å². The molecule has 0 N–H and O–H groups in total. The largest absolute Gasteiger partial charge is 0.489 e. The van der Waals surface area contributed by atoms with Crippen molar-refractivity contribution < 1.29 is 27.1 Å². The number of alkyl halides is 3. The molecule has 32 heavy (non-hydrogen) atoms. The lowest BCUT2D eigenvalue weighted by atomic mass is 10.2. The van der Waals surface area contributed by atoms with Crippen LogP contribution in [0.15, 0.2) is 65.4 Å². The van der Waals surface area contributed by atoms with Gasteiger partial charge in [0.1, 0.15) is 18.2 Å². The molecule has 2 aromatic heterocycles. The molecule has 0 bridgehead atoms. The van der Waals surface area contributed by atoms with Crippen molar-refractivity contribution in [1.82, 2.24) is 9.88 Å². The summed E-state index contributed by atoms with van der Waals surface area (Å²) in [6.45, 7) is 2.17. The zero-order valence-corrected chi connectivity index (χ0v) is 17.2. The number of hydrogen-bond donors (Lipinski definition) is 0. The first-order chi connectivity index (χ1) is 15.4. The Kier molecular flexibility index (Phi) is 6.34. The zero-order valence-electron chi connectivity index (χ0n) is 17.2. The van der Waals surface area contributed by atoms with Gasteiger partial charge < -0.3 is 19.0 Å². The maximum Gasteiger partial charge on any atom is 0.417 e. The fourth-order valence-corrected chi connectivity index (χ4v) is 3.55. The molecule has 3 heterocycles. The van der Waals surface area contributed by atoms with Crippen molar-refractivity contribution in [3.8, 4) is 5.75 Å². The van der Waals surface area contributed by atoms with E-state index in [0.29, 0.717) is 49.7 Å². The summed E-state index contributed by atoms with van der Waals surface area (Å²) in [5, 5.41) is 0. The van der Waals surface area contributed by atoms with Crippen molar-refractivity contribution in [3.05, 3.63) is 77.9 Å². The van der Waals surface area contributed by atoms with Gasteiger partial charge in [-0.3, -0.25) is 4.79 Å². The van der Waals surface area contributed by atoms with E-state index in [1.54, 1.807) is 11.0 Å². The Bertz CT molecular complexity index is 1040. The summed E-state index contributed by atoms with van der Waals surface area (Å²) in [4.78, 5) is 20.6. The first-order valence-electron chi connectivity index (χ1n) is 10.2. The maximum absolute atomic E-state index is 13.1. The standard InChI is InChI=1S/C23H22F3N3O3/c24-23(25,26)18-7-8-20(27-15-18)28-10-4-11-29(13-12-28)22(30)21-17(9-14-31-21)16-32-19-5-2-1-3-6-19/h1-3,5-9,14-15H,4,10-13,16H2. The Labute approximate surface area is 183 Å². The third-order valence-electron chi connectivity index (χ3n) is 5.26. The summed E-state index contributed by atoms with van der Waals surface area (Å²) >= 11 is 0. The van der Waals surface area contributed by atoms with Gasteiger partial charge in [0.25, 0.3) is 5.91 Å². The van der Waals surface area contributed by atoms with E-state index in [1.165, 1.54) is 12.3 Å². The van der Waals surface area contributed by atoms with Gasteiger partial charge in [0.05, 0.1) is 11.8 Å². The van der Waals surface area contributed by atoms with Crippen LogP contribution in [0.2, 0.25) is 0 Å². The summed E-state index contributed by atoms with van der Waals surface area (Å²) in [6, 6.07) is 13.4. The normalized spacial score (nSPS) is 14.8. The molecule has 1 saturated heterocycles. The summed E-state index contributed by atoms with van der Waals surface area (Å²) in [7, 11) is 0. The number of benzene rings is 1. The Hall–Kier alpha value is -3.49. The molecule has 9 heteroatoms. The minimum Gasteiger partial charge on any atom is -0.489 e. The molecule has 1 aliphatic rings. The first kappa shape index (κ1) is 21.7. The first-order valence-corrected chi connectivity index (χ1v) is 10.2. The third-order valence-corrected chi connectivity index (χ3v) is 5.26. The molecular formula is C23H22F3N3O3. The van der Waals surface area contributed by atoms with Crippen LogP contribution in [-0.4, -0.2) is 42.0 Å². The number of pyridine rings is 1. The Morgan fingerprint density at radius 2 is 1.84 bits per heavy atom. The number of para-hydroxylation sites is 1. The molecule has 1 aromatic carbocycles. The fourth-order valence-electron chi connectivity index (χ4n) is 3.55. The predicted molar refractivity (Wildman–Crippen MR) is 111 cm³/mol. The summed E-state index contributed by atoms with van der Waals surface area (Å²) in [6.07, 6.45) is -1.46. The molecule has 1 aliphatic heterocycles. The highest BCUT2D eigenvalue weighted by Gasteiger charge is 2.31. The molecule has 0 radical (unpaired) electrons. The van der Waals surface area contributed by atoms with Crippen molar-refractivity contribution in [3.63, 3.8) is 0 Å². The molecule has 6 nitrogen and oxygen atoms in total. The van der Waals surface area contributed by atoms with Gasteiger partial charge in [-0.15, -0.1) is 0 Å². The quantitative estimate of drug-likeness (QED) is 0.574. The lowest BCUT2D eigenvalue weighted by Gasteiger charge is -2.23. The number of amides is 1. The highest BCUT2D eigenvalue weighted by atomic mass is 19.4. The van der Waals surface area contributed by atoms with Crippen LogP contribution in [0, 0.1) is 0 Å². The number of rotatable bonds is 5. The second-order valence-corrected chi connectivity index (χ2v) is 7.41. The van der Waals surface area contributed by atoms with Crippen LogP contribution in [-0.2, 0) is 12.8 Å². The van der Waals surface area contributed by atoms with E-state index in [-0.39, 0.29) is 18.3 Å². The molecule has 1 amide bonds. The number of aromatic nitrogens is 1. The summed E-state index contributed by atoms with van der Waals surface area (Å²) in [5.41, 5.74) is -0.125. The number of anilines is 1. The predicted octanol–water partition coefficient (Wildman–Crippen LogP) is 4.62. The number of hydrogen-bond acceptors (Lipinski definition) is 5. The smallest absolute Gasteiger partial charge is 0.417 e. The number of halogens is 3. The third kappa shape index (κ3) is 5.04. The average molecular weight is 445 g/mol. The SMILES string of the molecule is O=C(c1occc1COc1ccccc1)N1CCCN(c2ccc(C(F)(F)F)cn2)CC1. The van der Waals surface area contributed by atoms with Gasteiger partial charge in [-0.2, -0.15) is 13.2 Å². The molecule has 0 saturated carbocycles. The van der Waals surface area contributed by atoms with Gasteiger partial charge in [-0.25, -0.2) is 4.98 Å². The van der Waals surface area contributed by atoms with E-state index in [0.717, 1.165) is 12.3 Å². The van der Waals surface area contributed by atoms with Crippen molar-refractivity contribution in [1.29, 1.82) is 0 Å². The molecule has 0 spiro atoms. The molecule has 0 atom stereocenters. The van der Waals surface area contributed by atoms with Gasteiger partial charge >= 0.3 is 6.18 Å². The highest BCUT2D eigenvalue weighted by Crippen LogP contribution is 2.29. The lowest BCUT2D eigenvalue weighted by Crippen LogP contribution is -2.35. The number of nitrogens with zero attached hydrogens (tertiary/aromatic N) is 3. The van der Waals surface area contributed by atoms with E-state index < -0.39 is 11.7 Å². The Morgan fingerprint density at radius 3 is 2.56 bits per heavy atom. The molecule has 1 fully saturated rings. The highest BCUT2D eigenvalue weighted by molar-refractivity contribution is 5.93. The second-order valence-electron chi connectivity index (χ2n) is 7.41. The van der Waals surface area contributed by atoms with Crippen molar-refractivity contribution >= 4 is 11.7 Å². The van der Waals surface area contributed by atoms with Gasteiger partial charge in [-0.1, -0.05) is 18.2 Å². The minimum atomic E-state index is -4.42. The number of ether oxygens (including phenoxy) is 1. The molecule has 3 aromatic rings. The maximum atomic E-state index is 13.1. The van der Waals surface area contributed by atoms with E-state index in [4.69, 9.17) is 9.15 Å². The number of carbonyl (C=O) groups is 1. The van der Waals surface area contributed by atoms with Crippen LogP contribution in [0.5, 0.6) is 5.75 Å². The second kappa shape index (κ2) is 9.33. The zero-order chi connectivity index (χ0) is 22.6. The van der Waals surface area contributed by atoms with Crippen LogP contribution in [0.4, 0.5) is 19.0 Å². The van der Waals surface area contributed by atoms with Crippen LogP contribution in [0.25, 0.3) is 0 Å². The number of furan rings is 1. The van der Waals surface area contributed by atoms with Gasteiger partial charge in [0, 0.05) is 37.9 Å².